The number of aromatic nitrogens is 2. The summed E-state index contributed by atoms with van der Waals surface area (Å²) in [6.07, 6.45) is 1.86. The van der Waals surface area contributed by atoms with Gasteiger partial charge in [-0.3, -0.25) is 4.68 Å². The van der Waals surface area contributed by atoms with Gasteiger partial charge in [-0.25, -0.2) is 8.78 Å². The van der Waals surface area contributed by atoms with E-state index in [2.05, 4.69) is 5.10 Å². The smallest absolute Gasteiger partial charge is 0.135 e. The summed E-state index contributed by atoms with van der Waals surface area (Å²) in [5.74, 6) is -1.16. The van der Waals surface area contributed by atoms with E-state index in [0.717, 1.165) is 11.6 Å². The van der Waals surface area contributed by atoms with Crippen molar-refractivity contribution in [3.8, 4) is 11.3 Å². The van der Waals surface area contributed by atoms with Crippen LogP contribution in [0.2, 0.25) is 0 Å². The fourth-order valence-electron chi connectivity index (χ4n) is 1.70. The fourth-order valence-corrected chi connectivity index (χ4v) is 1.70. The third kappa shape index (κ3) is 2.20. The van der Waals surface area contributed by atoms with Crippen molar-refractivity contribution in [3.63, 3.8) is 0 Å². The zero-order chi connectivity index (χ0) is 12.6. The maximum atomic E-state index is 13.6. The van der Waals surface area contributed by atoms with E-state index in [1.54, 1.807) is 4.68 Å². The van der Waals surface area contributed by atoms with Crippen LogP contribution < -0.4 is 0 Å². The molecule has 0 unspecified atom stereocenters. The van der Waals surface area contributed by atoms with Crippen molar-refractivity contribution in [2.24, 2.45) is 0 Å². The van der Waals surface area contributed by atoms with Gasteiger partial charge in [-0.15, -0.1) is 0 Å². The van der Waals surface area contributed by atoms with Crippen LogP contribution in [-0.2, 0) is 0 Å². The summed E-state index contributed by atoms with van der Waals surface area (Å²) < 4.78 is 28.2. The van der Waals surface area contributed by atoms with E-state index in [0.29, 0.717) is 11.3 Å². The second kappa shape index (κ2) is 4.28. The first-order valence-electron chi connectivity index (χ1n) is 5.50. The van der Waals surface area contributed by atoms with Gasteiger partial charge in [-0.2, -0.15) is 5.10 Å². The van der Waals surface area contributed by atoms with E-state index in [4.69, 9.17) is 0 Å². The van der Waals surface area contributed by atoms with Gasteiger partial charge in [-0.1, -0.05) is 0 Å². The van der Waals surface area contributed by atoms with E-state index >= 15 is 0 Å². The summed E-state index contributed by atoms with van der Waals surface area (Å²) in [5, 5.41) is 4.32. The van der Waals surface area contributed by atoms with Crippen LogP contribution in [0.5, 0.6) is 0 Å². The van der Waals surface area contributed by atoms with Gasteiger partial charge in [0.15, 0.2) is 0 Å². The van der Waals surface area contributed by atoms with E-state index in [9.17, 15) is 8.78 Å². The number of halogens is 2. The van der Waals surface area contributed by atoms with E-state index in [-0.39, 0.29) is 6.04 Å². The molecule has 0 spiro atoms. The maximum Gasteiger partial charge on any atom is 0.135 e. The Morgan fingerprint density at radius 2 is 1.94 bits per heavy atom. The van der Waals surface area contributed by atoms with Crippen molar-refractivity contribution in [2.45, 2.75) is 26.8 Å². The lowest BCUT2D eigenvalue weighted by Gasteiger charge is -2.04. The molecular formula is C13H14F2N2. The Kier molecular flexibility index (Phi) is 2.96. The minimum atomic E-state index is -0.581. The van der Waals surface area contributed by atoms with Gasteiger partial charge in [0, 0.05) is 23.9 Å². The van der Waals surface area contributed by atoms with Crippen LogP contribution in [0.1, 0.15) is 25.5 Å². The van der Waals surface area contributed by atoms with Gasteiger partial charge in [0.2, 0.25) is 0 Å². The van der Waals surface area contributed by atoms with Crippen molar-refractivity contribution < 1.29 is 8.78 Å². The Morgan fingerprint density at radius 1 is 1.24 bits per heavy atom. The lowest BCUT2D eigenvalue weighted by atomic mass is 10.1. The highest BCUT2D eigenvalue weighted by atomic mass is 19.1. The van der Waals surface area contributed by atoms with Gasteiger partial charge >= 0.3 is 0 Å². The monoisotopic (exact) mass is 236 g/mol. The molecule has 4 heteroatoms. The van der Waals surface area contributed by atoms with E-state index < -0.39 is 11.6 Å². The third-order valence-electron chi connectivity index (χ3n) is 2.63. The van der Waals surface area contributed by atoms with Crippen LogP contribution in [0.25, 0.3) is 11.3 Å². The van der Waals surface area contributed by atoms with Crippen molar-refractivity contribution >= 4 is 0 Å². The lowest BCUT2D eigenvalue weighted by molar-refractivity contribution is 0.532. The Hall–Kier alpha value is -1.71. The van der Waals surface area contributed by atoms with Crippen molar-refractivity contribution in [1.29, 1.82) is 0 Å². The second-order valence-corrected chi connectivity index (χ2v) is 4.36. The largest absolute Gasteiger partial charge is 0.269 e. The molecule has 2 nitrogen and oxygen atoms in total. The van der Waals surface area contributed by atoms with Crippen LogP contribution >= 0.6 is 0 Å². The van der Waals surface area contributed by atoms with Gasteiger partial charge in [0.05, 0.1) is 5.69 Å². The average Bonchev–Trinajstić information content (AvgIpc) is 2.61. The summed E-state index contributed by atoms with van der Waals surface area (Å²) in [4.78, 5) is 0. The van der Waals surface area contributed by atoms with Crippen LogP contribution in [0.4, 0.5) is 8.78 Å². The molecule has 0 N–H and O–H groups in total. The normalized spacial score (nSPS) is 11.2. The molecule has 90 valence electrons. The molecule has 0 saturated heterocycles. The zero-order valence-electron chi connectivity index (χ0n) is 10.0. The van der Waals surface area contributed by atoms with Crippen LogP contribution in [-0.4, -0.2) is 9.78 Å². The van der Waals surface area contributed by atoms with Crippen LogP contribution in [0.3, 0.4) is 0 Å². The Morgan fingerprint density at radius 3 is 2.47 bits per heavy atom. The Bertz CT molecular complexity index is 544. The fraction of sp³-hybridized carbons (Fsp3) is 0.308. The molecule has 0 aliphatic rings. The predicted molar refractivity (Wildman–Crippen MR) is 62.7 cm³/mol. The number of nitrogens with zero attached hydrogens (tertiary/aromatic N) is 2. The summed E-state index contributed by atoms with van der Waals surface area (Å²) in [6.45, 7) is 5.86. The molecule has 17 heavy (non-hydrogen) atoms. The molecule has 1 aromatic carbocycles. The lowest BCUT2D eigenvalue weighted by Crippen LogP contribution is -2.01. The number of hydrogen-bond acceptors (Lipinski definition) is 1. The number of benzene rings is 1. The molecule has 0 fully saturated rings. The highest BCUT2D eigenvalue weighted by Crippen LogP contribution is 2.25. The summed E-state index contributed by atoms with van der Waals surface area (Å²) >= 11 is 0. The van der Waals surface area contributed by atoms with Gasteiger partial charge in [0.25, 0.3) is 0 Å². The quantitative estimate of drug-likeness (QED) is 0.777. The molecule has 0 radical (unpaired) electrons. The Balaban J connectivity index is 2.52. The highest BCUT2D eigenvalue weighted by Gasteiger charge is 2.13. The molecule has 1 aromatic heterocycles. The molecular weight excluding hydrogens is 222 g/mol. The highest BCUT2D eigenvalue weighted by molar-refractivity contribution is 5.63. The van der Waals surface area contributed by atoms with Gasteiger partial charge < -0.3 is 0 Å². The van der Waals surface area contributed by atoms with E-state index in [1.807, 2.05) is 27.0 Å². The second-order valence-electron chi connectivity index (χ2n) is 4.36. The third-order valence-corrected chi connectivity index (χ3v) is 2.63. The Labute approximate surface area is 98.9 Å². The number of hydrogen-bond donors (Lipinski definition) is 0. The maximum absolute atomic E-state index is 13.6. The first kappa shape index (κ1) is 11.8. The standard InChI is InChI=1S/C13H14F2N2/c1-8(2)17-7-9(3)13(16-17)11-5-4-10(14)6-12(11)15/h4-8H,1-3H3. The number of rotatable bonds is 2. The first-order valence-corrected chi connectivity index (χ1v) is 5.50. The molecule has 0 saturated carbocycles. The van der Waals surface area contributed by atoms with Crippen molar-refractivity contribution in [2.75, 3.05) is 0 Å². The minimum absolute atomic E-state index is 0.214. The zero-order valence-corrected chi connectivity index (χ0v) is 10.0. The summed E-state index contributed by atoms with van der Waals surface area (Å²) in [5.41, 5.74) is 1.78. The molecule has 2 rings (SSSR count). The predicted octanol–water partition coefficient (Wildman–Crippen LogP) is 3.72. The van der Waals surface area contributed by atoms with Crippen LogP contribution in [0, 0.1) is 18.6 Å². The van der Waals surface area contributed by atoms with Gasteiger partial charge in [-0.05, 0) is 38.5 Å². The first-order chi connectivity index (χ1) is 7.99. The molecule has 1 heterocycles. The van der Waals surface area contributed by atoms with Crippen molar-refractivity contribution in [3.05, 3.63) is 41.6 Å². The SMILES string of the molecule is Cc1cn(C(C)C)nc1-c1ccc(F)cc1F. The number of aryl methyl sites for hydroxylation is 1. The van der Waals surface area contributed by atoms with E-state index in [1.165, 1.54) is 12.1 Å². The molecule has 0 amide bonds. The molecule has 0 aliphatic heterocycles. The minimum Gasteiger partial charge on any atom is -0.269 e. The summed E-state index contributed by atoms with van der Waals surface area (Å²) in [7, 11) is 0. The molecule has 0 aliphatic carbocycles. The van der Waals surface area contributed by atoms with Crippen LogP contribution in [0.15, 0.2) is 24.4 Å². The average molecular weight is 236 g/mol. The van der Waals surface area contributed by atoms with Gasteiger partial charge in [0.1, 0.15) is 11.6 Å². The summed E-state index contributed by atoms with van der Waals surface area (Å²) in [6, 6.07) is 3.76. The molecule has 0 atom stereocenters. The molecule has 0 bridgehead atoms. The molecule has 2 aromatic rings. The topological polar surface area (TPSA) is 17.8 Å². The van der Waals surface area contributed by atoms with Crippen molar-refractivity contribution in [1.82, 2.24) is 9.78 Å².